The molecule has 2 fully saturated rings. The van der Waals surface area contributed by atoms with Crippen LogP contribution < -0.4 is 5.32 Å². The highest BCUT2D eigenvalue weighted by molar-refractivity contribution is 4.81. The second-order valence-electron chi connectivity index (χ2n) is 5.28. The van der Waals surface area contributed by atoms with Gasteiger partial charge in [0.2, 0.25) is 0 Å². The molecule has 1 atom stereocenters. The maximum absolute atomic E-state index is 9.74. The van der Waals surface area contributed by atoms with Crippen molar-refractivity contribution in [2.45, 2.75) is 69.6 Å². The largest absolute Gasteiger partial charge is 0.389 e. The van der Waals surface area contributed by atoms with Crippen molar-refractivity contribution >= 4 is 0 Å². The molecule has 0 amide bonds. The fraction of sp³-hybridized carbons (Fsp3) is 1.00. The molecule has 2 aliphatic carbocycles. The van der Waals surface area contributed by atoms with E-state index in [4.69, 9.17) is 4.74 Å². The van der Waals surface area contributed by atoms with E-state index in [2.05, 4.69) is 5.32 Å². The molecule has 2 rings (SSSR count). The highest BCUT2D eigenvalue weighted by atomic mass is 16.5. The number of nitrogens with one attached hydrogen (secondary N) is 1. The van der Waals surface area contributed by atoms with E-state index in [9.17, 15) is 5.11 Å². The quantitative estimate of drug-likeness (QED) is 0.680. The van der Waals surface area contributed by atoms with Crippen LogP contribution in [0.15, 0.2) is 0 Å². The van der Waals surface area contributed by atoms with Crippen LogP contribution >= 0.6 is 0 Å². The van der Waals surface area contributed by atoms with Crippen molar-refractivity contribution in [3.05, 3.63) is 0 Å². The van der Waals surface area contributed by atoms with Gasteiger partial charge >= 0.3 is 0 Å². The first-order valence-corrected chi connectivity index (χ1v) is 6.87. The summed E-state index contributed by atoms with van der Waals surface area (Å²) >= 11 is 0. The molecule has 0 spiro atoms. The molecular weight excluding hydrogens is 202 g/mol. The first kappa shape index (κ1) is 12.3. The van der Waals surface area contributed by atoms with Crippen LogP contribution in [-0.2, 0) is 4.74 Å². The summed E-state index contributed by atoms with van der Waals surface area (Å²) < 4.78 is 5.79. The third kappa shape index (κ3) is 4.81. The van der Waals surface area contributed by atoms with Crippen molar-refractivity contribution in [2.75, 3.05) is 13.2 Å². The Bertz CT molecular complexity index is 186. The predicted molar refractivity (Wildman–Crippen MR) is 64.5 cm³/mol. The molecule has 0 bridgehead atoms. The second-order valence-corrected chi connectivity index (χ2v) is 5.28. The first-order chi connectivity index (χ1) is 7.84. The number of rotatable bonds is 6. The lowest BCUT2D eigenvalue weighted by Gasteiger charge is -2.18. The molecule has 2 N–H and O–H groups in total. The Morgan fingerprint density at radius 1 is 1.06 bits per heavy atom. The van der Waals surface area contributed by atoms with Gasteiger partial charge in [-0.1, -0.05) is 25.7 Å². The van der Waals surface area contributed by atoms with E-state index in [1.807, 2.05) is 0 Å². The normalized spacial score (nSPS) is 25.3. The van der Waals surface area contributed by atoms with Crippen LogP contribution in [0.5, 0.6) is 0 Å². The minimum atomic E-state index is -0.330. The zero-order valence-corrected chi connectivity index (χ0v) is 10.2. The molecule has 0 heterocycles. The predicted octanol–water partition coefficient (Wildman–Crippen LogP) is 1.84. The van der Waals surface area contributed by atoms with Gasteiger partial charge in [-0.15, -0.1) is 0 Å². The lowest BCUT2D eigenvalue weighted by molar-refractivity contribution is -0.0144. The van der Waals surface area contributed by atoms with E-state index in [-0.39, 0.29) is 6.10 Å². The number of hydrogen-bond donors (Lipinski definition) is 2. The monoisotopic (exact) mass is 227 g/mol. The van der Waals surface area contributed by atoms with Gasteiger partial charge in [-0.3, -0.25) is 0 Å². The second kappa shape index (κ2) is 6.58. The maximum Gasteiger partial charge on any atom is 0.0897 e. The van der Waals surface area contributed by atoms with Gasteiger partial charge in [-0.25, -0.2) is 0 Å². The Kier molecular flexibility index (Phi) is 5.07. The van der Waals surface area contributed by atoms with Gasteiger partial charge in [-0.05, 0) is 25.7 Å². The zero-order valence-electron chi connectivity index (χ0n) is 10.2. The molecule has 0 aromatic carbocycles. The third-order valence-electron chi connectivity index (χ3n) is 3.55. The smallest absolute Gasteiger partial charge is 0.0897 e. The Morgan fingerprint density at radius 2 is 1.75 bits per heavy atom. The Morgan fingerprint density at radius 3 is 2.38 bits per heavy atom. The zero-order chi connectivity index (χ0) is 11.2. The minimum absolute atomic E-state index is 0.330. The summed E-state index contributed by atoms with van der Waals surface area (Å²) in [6.07, 6.45) is 10.3. The summed E-state index contributed by atoms with van der Waals surface area (Å²) in [4.78, 5) is 0. The van der Waals surface area contributed by atoms with E-state index in [1.54, 1.807) is 0 Å². The molecule has 1 unspecified atom stereocenters. The van der Waals surface area contributed by atoms with Crippen molar-refractivity contribution in [2.24, 2.45) is 0 Å². The fourth-order valence-corrected chi connectivity index (χ4v) is 2.30. The average Bonchev–Trinajstić information content (AvgIpc) is 3.10. The number of hydrogen-bond acceptors (Lipinski definition) is 3. The molecule has 2 saturated carbocycles. The van der Waals surface area contributed by atoms with Crippen molar-refractivity contribution in [3.63, 3.8) is 0 Å². The summed E-state index contributed by atoms with van der Waals surface area (Å²) in [6, 6.07) is 0.674. The van der Waals surface area contributed by atoms with Gasteiger partial charge in [-0.2, -0.15) is 0 Å². The molecule has 0 aromatic rings. The molecule has 0 saturated heterocycles. The standard InChI is InChI=1S/C13H25NO2/c15-12(9-14-11-7-8-11)10-16-13-5-3-1-2-4-6-13/h11-15H,1-10H2. The average molecular weight is 227 g/mol. The summed E-state index contributed by atoms with van der Waals surface area (Å²) in [5.41, 5.74) is 0. The molecule has 0 radical (unpaired) electrons. The van der Waals surface area contributed by atoms with Gasteiger partial charge in [0.1, 0.15) is 0 Å². The molecule has 0 aliphatic heterocycles. The van der Waals surface area contributed by atoms with Crippen molar-refractivity contribution in [1.29, 1.82) is 0 Å². The number of aliphatic hydroxyl groups is 1. The van der Waals surface area contributed by atoms with Crippen LogP contribution in [0.2, 0.25) is 0 Å². The van der Waals surface area contributed by atoms with E-state index >= 15 is 0 Å². The maximum atomic E-state index is 9.74. The van der Waals surface area contributed by atoms with Crippen LogP contribution in [0.3, 0.4) is 0 Å². The lowest BCUT2D eigenvalue weighted by Crippen LogP contribution is -2.33. The lowest BCUT2D eigenvalue weighted by atomic mass is 10.1. The third-order valence-corrected chi connectivity index (χ3v) is 3.55. The van der Waals surface area contributed by atoms with Gasteiger partial charge in [0, 0.05) is 12.6 Å². The van der Waals surface area contributed by atoms with Crippen LogP contribution in [0.4, 0.5) is 0 Å². The van der Waals surface area contributed by atoms with Crippen LogP contribution in [0, 0.1) is 0 Å². The Balaban J connectivity index is 1.53. The van der Waals surface area contributed by atoms with Gasteiger partial charge < -0.3 is 15.2 Å². The van der Waals surface area contributed by atoms with Crippen LogP contribution in [0.1, 0.15) is 51.4 Å². The molecule has 3 heteroatoms. The molecule has 2 aliphatic rings. The molecule has 16 heavy (non-hydrogen) atoms. The highest BCUT2D eigenvalue weighted by Gasteiger charge is 2.21. The van der Waals surface area contributed by atoms with Crippen molar-refractivity contribution in [3.8, 4) is 0 Å². The van der Waals surface area contributed by atoms with Gasteiger partial charge in [0.25, 0.3) is 0 Å². The summed E-state index contributed by atoms with van der Waals surface area (Å²) in [5.74, 6) is 0. The number of ether oxygens (including phenoxy) is 1. The first-order valence-electron chi connectivity index (χ1n) is 6.87. The van der Waals surface area contributed by atoms with E-state index < -0.39 is 0 Å². The summed E-state index contributed by atoms with van der Waals surface area (Å²) in [5, 5.41) is 13.1. The minimum Gasteiger partial charge on any atom is -0.389 e. The van der Waals surface area contributed by atoms with Crippen molar-refractivity contribution < 1.29 is 9.84 Å². The Labute approximate surface area is 98.6 Å². The SMILES string of the molecule is OC(CNC1CC1)COC1CCCCCC1. The molecule has 94 valence electrons. The van der Waals surface area contributed by atoms with E-state index in [0.717, 1.165) is 0 Å². The Hall–Kier alpha value is -0.120. The van der Waals surface area contributed by atoms with Crippen LogP contribution in [-0.4, -0.2) is 36.5 Å². The van der Waals surface area contributed by atoms with Gasteiger partial charge in [0.05, 0.1) is 18.8 Å². The number of aliphatic hydroxyl groups excluding tert-OH is 1. The summed E-state index contributed by atoms with van der Waals surface area (Å²) in [7, 11) is 0. The molecule has 0 aromatic heterocycles. The van der Waals surface area contributed by atoms with E-state index in [1.165, 1.54) is 51.4 Å². The molecule has 3 nitrogen and oxygen atoms in total. The van der Waals surface area contributed by atoms with Gasteiger partial charge in [0.15, 0.2) is 0 Å². The van der Waals surface area contributed by atoms with Crippen molar-refractivity contribution in [1.82, 2.24) is 5.32 Å². The highest BCUT2D eigenvalue weighted by Crippen LogP contribution is 2.20. The van der Waals surface area contributed by atoms with Crippen LogP contribution in [0.25, 0.3) is 0 Å². The summed E-state index contributed by atoms with van der Waals surface area (Å²) in [6.45, 7) is 1.20. The van der Waals surface area contributed by atoms with E-state index in [0.29, 0.717) is 25.3 Å². The molecular formula is C13H25NO2. The fourth-order valence-electron chi connectivity index (χ4n) is 2.30. The topological polar surface area (TPSA) is 41.5 Å².